The SMILES string of the molecule is NCc1cc([N+](=O)[O-])c(C(F)F)[nH]c1=O. The molecule has 3 N–H and O–H groups in total. The van der Waals surface area contributed by atoms with E-state index in [9.17, 15) is 23.7 Å². The molecule has 0 aliphatic heterocycles. The molecule has 15 heavy (non-hydrogen) atoms. The van der Waals surface area contributed by atoms with Crippen LogP contribution < -0.4 is 11.3 Å². The molecule has 0 unspecified atom stereocenters. The van der Waals surface area contributed by atoms with Crippen molar-refractivity contribution in [3.63, 3.8) is 0 Å². The number of nitrogens with one attached hydrogen (secondary N) is 1. The van der Waals surface area contributed by atoms with Crippen LogP contribution in [0.15, 0.2) is 10.9 Å². The monoisotopic (exact) mass is 219 g/mol. The third kappa shape index (κ3) is 2.15. The molecule has 1 aromatic heterocycles. The van der Waals surface area contributed by atoms with Gasteiger partial charge < -0.3 is 10.7 Å². The van der Waals surface area contributed by atoms with Crippen LogP contribution in [0.5, 0.6) is 0 Å². The lowest BCUT2D eigenvalue weighted by Crippen LogP contribution is -2.19. The van der Waals surface area contributed by atoms with Gasteiger partial charge in [0.15, 0.2) is 5.69 Å². The van der Waals surface area contributed by atoms with Crippen molar-refractivity contribution in [1.29, 1.82) is 0 Å². The predicted octanol–water partition coefficient (Wildman–Crippen LogP) is 0.679. The van der Waals surface area contributed by atoms with Gasteiger partial charge in [0.05, 0.1) is 4.92 Å². The van der Waals surface area contributed by atoms with Crippen molar-refractivity contribution >= 4 is 5.69 Å². The van der Waals surface area contributed by atoms with E-state index in [-0.39, 0.29) is 12.1 Å². The highest BCUT2D eigenvalue weighted by atomic mass is 19.3. The minimum atomic E-state index is -3.11. The number of nitrogens with two attached hydrogens (primary N) is 1. The summed E-state index contributed by atoms with van der Waals surface area (Å²) in [5.41, 5.74) is 2.35. The number of nitrogens with zero attached hydrogens (tertiary/aromatic N) is 1. The number of hydrogen-bond acceptors (Lipinski definition) is 4. The first kappa shape index (κ1) is 11.2. The smallest absolute Gasteiger partial charge is 0.295 e. The van der Waals surface area contributed by atoms with E-state index in [1.165, 1.54) is 0 Å². The molecule has 0 saturated heterocycles. The number of alkyl halides is 2. The Morgan fingerprint density at radius 2 is 2.20 bits per heavy atom. The van der Waals surface area contributed by atoms with Gasteiger partial charge in [0, 0.05) is 18.2 Å². The van der Waals surface area contributed by atoms with E-state index in [0.717, 1.165) is 6.07 Å². The Kier molecular flexibility index (Phi) is 3.10. The Labute approximate surface area is 81.9 Å². The van der Waals surface area contributed by atoms with E-state index >= 15 is 0 Å². The first-order valence-corrected chi connectivity index (χ1v) is 3.86. The number of aromatic amines is 1. The fourth-order valence-corrected chi connectivity index (χ4v) is 1.04. The maximum absolute atomic E-state index is 12.3. The lowest BCUT2D eigenvalue weighted by atomic mass is 10.2. The largest absolute Gasteiger partial charge is 0.326 e. The molecular formula is C7H7F2N3O3. The minimum absolute atomic E-state index is 0.105. The van der Waals surface area contributed by atoms with Crippen molar-refractivity contribution in [2.24, 2.45) is 5.73 Å². The molecule has 0 radical (unpaired) electrons. The summed E-state index contributed by atoms with van der Waals surface area (Å²) >= 11 is 0. The number of pyridine rings is 1. The standard InChI is InChI=1S/C7H7F2N3O3/c8-6(9)5-4(12(14)15)1-3(2-10)7(13)11-5/h1,6H,2,10H2,(H,11,13). The average Bonchev–Trinajstić information content (AvgIpc) is 2.16. The second-order valence-corrected chi connectivity index (χ2v) is 2.68. The minimum Gasteiger partial charge on any atom is -0.326 e. The van der Waals surface area contributed by atoms with Gasteiger partial charge in [-0.05, 0) is 0 Å². The summed E-state index contributed by atoms with van der Waals surface area (Å²) < 4.78 is 24.6. The molecule has 0 aromatic carbocycles. The van der Waals surface area contributed by atoms with Crippen LogP contribution in [-0.2, 0) is 6.54 Å². The first-order valence-electron chi connectivity index (χ1n) is 3.86. The zero-order valence-electron chi connectivity index (χ0n) is 7.37. The number of halogens is 2. The molecule has 0 saturated carbocycles. The molecule has 0 aliphatic carbocycles. The highest BCUT2D eigenvalue weighted by Crippen LogP contribution is 2.25. The number of H-pyrrole nitrogens is 1. The average molecular weight is 219 g/mol. The van der Waals surface area contributed by atoms with Gasteiger partial charge in [-0.2, -0.15) is 0 Å². The van der Waals surface area contributed by atoms with Crippen LogP contribution in [0.1, 0.15) is 17.7 Å². The molecule has 1 rings (SSSR count). The number of aromatic nitrogens is 1. The Hall–Kier alpha value is -1.83. The van der Waals surface area contributed by atoms with Crippen LogP contribution >= 0.6 is 0 Å². The zero-order chi connectivity index (χ0) is 11.6. The normalized spacial score (nSPS) is 10.7. The van der Waals surface area contributed by atoms with Gasteiger partial charge in [0.25, 0.3) is 17.7 Å². The molecule has 0 spiro atoms. The van der Waals surface area contributed by atoms with E-state index in [4.69, 9.17) is 5.73 Å². The summed E-state index contributed by atoms with van der Waals surface area (Å²) in [6.07, 6.45) is -3.11. The maximum atomic E-state index is 12.3. The zero-order valence-corrected chi connectivity index (χ0v) is 7.37. The molecule has 0 aliphatic rings. The van der Waals surface area contributed by atoms with Gasteiger partial charge in [-0.1, -0.05) is 0 Å². The lowest BCUT2D eigenvalue weighted by molar-refractivity contribution is -0.386. The molecular weight excluding hydrogens is 212 g/mol. The van der Waals surface area contributed by atoms with Crippen molar-refractivity contribution in [2.75, 3.05) is 0 Å². The van der Waals surface area contributed by atoms with Crippen LogP contribution in [0, 0.1) is 10.1 Å². The summed E-state index contributed by atoms with van der Waals surface area (Å²) in [6.45, 7) is -0.250. The highest BCUT2D eigenvalue weighted by Gasteiger charge is 2.24. The van der Waals surface area contributed by atoms with Crippen molar-refractivity contribution in [3.8, 4) is 0 Å². The summed E-state index contributed by atoms with van der Waals surface area (Å²) in [5.74, 6) is 0. The quantitative estimate of drug-likeness (QED) is 0.576. The molecule has 8 heteroatoms. The predicted molar refractivity (Wildman–Crippen MR) is 46.6 cm³/mol. The van der Waals surface area contributed by atoms with Crippen LogP contribution in [0.3, 0.4) is 0 Å². The fraction of sp³-hybridized carbons (Fsp3) is 0.286. The van der Waals surface area contributed by atoms with Crippen LogP contribution in [0.4, 0.5) is 14.5 Å². The van der Waals surface area contributed by atoms with Crippen LogP contribution in [0.25, 0.3) is 0 Å². The Morgan fingerprint density at radius 1 is 1.60 bits per heavy atom. The molecule has 82 valence electrons. The topological polar surface area (TPSA) is 102 Å². The van der Waals surface area contributed by atoms with Crippen molar-refractivity contribution in [2.45, 2.75) is 13.0 Å². The molecule has 0 amide bonds. The summed E-state index contributed by atoms with van der Waals surface area (Å²) in [4.78, 5) is 22.2. The van der Waals surface area contributed by atoms with Gasteiger partial charge >= 0.3 is 0 Å². The van der Waals surface area contributed by atoms with E-state index in [0.29, 0.717) is 0 Å². The lowest BCUT2D eigenvalue weighted by Gasteiger charge is -2.02. The Bertz CT molecular complexity index is 444. The van der Waals surface area contributed by atoms with Gasteiger partial charge in [0.1, 0.15) is 0 Å². The first-order chi connectivity index (χ1) is 6.97. The summed E-state index contributed by atoms with van der Waals surface area (Å²) in [6, 6.07) is 0.764. The van der Waals surface area contributed by atoms with Gasteiger partial charge in [-0.3, -0.25) is 14.9 Å². The third-order valence-electron chi connectivity index (χ3n) is 1.76. The number of hydrogen-bond donors (Lipinski definition) is 2. The molecule has 6 nitrogen and oxygen atoms in total. The fourth-order valence-electron chi connectivity index (χ4n) is 1.04. The van der Waals surface area contributed by atoms with Gasteiger partial charge in [-0.25, -0.2) is 8.78 Å². The van der Waals surface area contributed by atoms with E-state index in [2.05, 4.69) is 0 Å². The third-order valence-corrected chi connectivity index (χ3v) is 1.76. The molecule has 1 heterocycles. The maximum Gasteiger partial charge on any atom is 0.295 e. The number of rotatable bonds is 3. The second kappa shape index (κ2) is 4.13. The Balaban J connectivity index is 3.46. The van der Waals surface area contributed by atoms with Crippen LogP contribution in [-0.4, -0.2) is 9.91 Å². The number of nitro groups is 1. The Morgan fingerprint density at radius 3 is 2.60 bits per heavy atom. The molecule has 0 bridgehead atoms. The molecule has 0 fully saturated rings. The highest BCUT2D eigenvalue weighted by molar-refractivity contribution is 5.38. The van der Waals surface area contributed by atoms with Crippen molar-refractivity contribution in [1.82, 2.24) is 4.98 Å². The van der Waals surface area contributed by atoms with E-state index in [1.807, 2.05) is 0 Å². The molecule has 1 aromatic rings. The van der Waals surface area contributed by atoms with E-state index < -0.39 is 28.3 Å². The second-order valence-electron chi connectivity index (χ2n) is 2.68. The van der Waals surface area contributed by atoms with Crippen LogP contribution in [0.2, 0.25) is 0 Å². The summed E-state index contributed by atoms with van der Waals surface area (Å²) in [5, 5.41) is 10.4. The molecule has 0 atom stereocenters. The van der Waals surface area contributed by atoms with Gasteiger partial charge in [0.2, 0.25) is 0 Å². The van der Waals surface area contributed by atoms with E-state index in [1.54, 1.807) is 4.98 Å². The van der Waals surface area contributed by atoms with Gasteiger partial charge in [-0.15, -0.1) is 0 Å². The van der Waals surface area contributed by atoms with Crippen molar-refractivity contribution in [3.05, 3.63) is 37.8 Å². The summed E-state index contributed by atoms with van der Waals surface area (Å²) in [7, 11) is 0. The van der Waals surface area contributed by atoms with Crippen molar-refractivity contribution < 1.29 is 13.7 Å².